The summed E-state index contributed by atoms with van der Waals surface area (Å²) >= 11 is 3.61. The lowest BCUT2D eigenvalue weighted by molar-refractivity contribution is -0.135. The summed E-state index contributed by atoms with van der Waals surface area (Å²) in [5.41, 5.74) is 0.512. The fourth-order valence-corrected chi connectivity index (χ4v) is 1.02. The van der Waals surface area contributed by atoms with Crippen molar-refractivity contribution in [2.75, 3.05) is 12.4 Å². The molecule has 0 saturated carbocycles. The van der Waals surface area contributed by atoms with Gasteiger partial charge in [0.2, 0.25) is 0 Å². The fraction of sp³-hybridized carbons (Fsp3) is 0.111. The molecular formula is C9H10N2O3S. The topological polar surface area (TPSA) is 67.4 Å². The summed E-state index contributed by atoms with van der Waals surface area (Å²) in [5, 5.41) is 4.63. The molecule has 0 bridgehead atoms. The first-order chi connectivity index (χ1) is 7.17. The molecule has 2 N–H and O–H groups in total. The van der Waals surface area contributed by atoms with E-state index in [2.05, 4.69) is 27.7 Å². The van der Waals surface area contributed by atoms with Crippen LogP contribution in [0, 0.1) is 0 Å². The fourth-order valence-electron chi connectivity index (χ4n) is 0.901. The molecule has 0 atom stereocenters. The van der Waals surface area contributed by atoms with Crippen LogP contribution in [-0.2, 0) is 9.59 Å². The number of amides is 2. The van der Waals surface area contributed by atoms with Gasteiger partial charge in [-0.05, 0) is 24.3 Å². The smallest absolute Gasteiger partial charge is 0.313 e. The first-order valence-electron chi connectivity index (χ1n) is 4.12. The summed E-state index contributed by atoms with van der Waals surface area (Å²) in [6, 6.07) is 6.44. The Morgan fingerprint density at radius 2 is 1.80 bits per heavy atom. The van der Waals surface area contributed by atoms with Gasteiger partial charge in [-0.1, -0.05) is 0 Å². The number of hydrogen-bond donors (Lipinski definition) is 3. The molecule has 0 unspecified atom stereocenters. The minimum atomic E-state index is -0.711. The Morgan fingerprint density at radius 1 is 1.20 bits per heavy atom. The van der Waals surface area contributed by atoms with Crippen molar-refractivity contribution in [2.24, 2.45) is 0 Å². The molecule has 80 valence electrons. The van der Waals surface area contributed by atoms with Crippen LogP contribution in [0.3, 0.4) is 0 Å². The quantitative estimate of drug-likeness (QED) is 0.393. The maximum absolute atomic E-state index is 11.1. The van der Waals surface area contributed by atoms with E-state index in [0.29, 0.717) is 11.4 Å². The second-order valence-electron chi connectivity index (χ2n) is 2.65. The molecule has 0 heterocycles. The number of rotatable bonds is 2. The summed E-state index contributed by atoms with van der Waals surface area (Å²) in [7, 11) is 1.39. The van der Waals surface area contributed by atoms with Gasteiger partial charge in [0, 0.05) is 25.6 Å². The van der Waals surface area contributed by atoms with Gasteiger partial charge >= 0.3 is 11.8 Å². The molecule has 0 saturated heterocycles. The Hall–Kier alpha value is -1.69. The van der Waals surface area contributed by atoms with Crippen LogP contribution in [0.4, 0.5) is 5.69 Å². The third-order valence-electron chi connectivity index (χ3n) is 1.65. The Kier molecular flexibility index (Phi) is 3.99. The van der Waals surface area contributed by atoms with E-state index in [-0.39, 0.29) is 0 Å². The Bertz CT molecular complexity index is 364. The summed E-state index contributed by atoms with van der Waals surface area (Å²) in [6.45, 7) is 0. The monoisotopic (exact) mass is 226 g/mol. The van der Waals surface area contributed by atoms with Gasteiger partial charge in [-0.25, -0.2) is 0 Å². The average molecular weight is 226 g/mol. The number of thiol groups is 1. The van der Waals surface area contributed by atoms with Gasteiger partial charge in [0.05, 0.1) is 0 Å². The molecule has 0 aromatic heterocycles. The minimum Gasteiger partial charge on any atom is -0.429 e. The summed E-state index contributed by atoms with van der Waals surface area (Å²) in [6.07, 6.45) is 0. The van der Waals surface area contributed by atoms with Gasteiger partial charge in [-0.15, -0.1) is 0 Å². The minimum absolute atomic E-state index is 0.512. The van der Waals surface area contributed by atoms with Crippen LogP contribution in [0.5, 0.6) is 5.75 Å². The lowest BCUT2D eigenvalue weighted by Gasteiger charge is -2.04. The number of carbonyl (C=O) groups is 2. The van der Waals surface area contributed by atoms with Crippen LogP contribution >= 0.6 is 12.9 Å². The van der Waals surface area contributed by atoms with E-state index in [1.54, 1.807) is 24.3 Å². The lowest BCUT2D eigenvalue weighted by Crippen LogP contribution is -2.32. The Labute approximate surface area is 92.4 Å². The van der Waals surface area contributed by atoms with Crippen molar-refractivity contribution in [3.05, 3.63) is 24.3 Å². The van der Waals surface area contributed by atoms with Gasteiger partial charge in [0.25, 0.3) is 0 Å². The largest absolute Gasteiger partial charge is 0.429 e. The predicted molar refractivity (Wildman–Crippen MR) is 58.8 cm³/mol. The summed E-state index contributed by atoms with van der Waals surface area (Å²) in [4.78, 5) is 22.0. The number of benzene rings is 1. The van der Waals surface area contributed by atoms with Gasteiger partial charge in [0.1, 0.15) is 5.75 Å². The highest BCUT2D eigenvalue weighted by Gasteiger charge is 2.10. The maximum Gasteiger partial charge on any atom is 0.313 e. The van der Waals surface area contributed by atoms with E-state index in [1.807, 2.05) is 0 Å². The molecule has 0 radical (unpaired) electrons. The third kappa shape index (κ3) is 3.17. The van der Waals surface area contributed by atoms with Crippen molar-refractivity contribution in [1.82, 2.24) is 5.32 Å². The lowest BCUT2D eigenvalue weighted by atomic mass is 10.3. The van der Waals surface area contributed by atoms with Crippen molar-refractivity contribution < 1.29 is 13.8 Å². The van der Waals surface area contributed by atoms with Crippen LogP contribution in [0.25, 0.3) is 0 Å². The Balaban J connectivity index is 2.65. The molecule has 0 fully saturated rings. The van der Waals surface area contributed by atoms with E-state index >= 15 is 0 Å². The predicted octanol–water partition coefficient (Wildman–Crippen LogP) is 0.595. The highest BCUT2D eigenvalue weighted by Crippen LogP contribution is 2.16. The van der Waals surface area contributed by atoms with Gasteiger partial charge in [0.15, 0.2) is 0 Å². The maximum atomic E-state index is 11.1. The molecule has 1 aromatic carbocycles. The summed E-state index contributed by atoms with van der Waals surface area (Å²) < 4.78 is 4.65. The van der Waals surface area contributed by atoms with Crippen molar-refractivity contribution >= 4 is 30.4 Å². The molecule has 0 aliphatic rings. The number of anilines is 1. The standard InChI is InChI=1S/C9H10N2O3S/c1-10-8(12)9(13)11-6-2-4-7(14-15)5-3-6/h2-5,15H,1H3,(H,10,12)(H,11,13). The van der Waals surface area contributed by atoms with Crippen molar-refractivity contribution in [1.29, 1.82) is 0 Å². The molecular weight excluding hydrogens is 216 g/mol. The number of nitrogens with one attached hydrogen (secondary N) is 2. The highest BCUT2D eigenvalue weighted by molar-refractivity contribution is 7.75. The van der Waals surface area contributed by atoms with Crippen LogP contribution < -0.4 is 14.8 Å². The molecule has 1 rings (SSSR count). The first kappa shape index (κ1) is 11.4. The normalized spacial score (nSPS) is 9.20. The highest BCUT2D eigenvalue weighted by atomic mass is 32.1. The van der Waals surface area contributed by atoms with Gasteiger partial charge in [-0.3, -0.25) is 9.59 Å². The summed E-state index contributed by atoms with van der Waals surface area (Å²) in [5.74, 6) is -0.849. The molecule has 0 spiro atoms. The molecule has 6 heteroatoms. The Morgan fingerprint density at radius 3 is 2.27 bits per heavy atom. The van der Waals surface area contributed by atoms with E-state index in [4.69, 9.17) is 0 Å². The average Bonchev–Trinajstić information content (AvgIpc) is 2.29. The van der Waals surface area contributed by atoms with E-state index in [9.17, 15) is 9.59 Å². The molecule has 2 amide bonds. The number of hydrogen-bond acceptors (Lipinski definition) is 4. The van der Waals surface area contributed by atoms with Crippen molar-refractivity contribution in [3.8, 4) is 5.75 Å². The molecule has 1 aromatic rings. The molecule has 15 heavy (non-hydrogen) atoms. The van der Waals surface area contributed by atoms with Crippen molar-refractivity contribution in [3.63, 3.8) is 0 Å². The van der Waals surface area contributed by atoms with Crippen molar-refractivity contribution in [2.45, 2.75) is 0 Å². The molecule has 0 aliphatic heterocycles. The van der Waals surface area contributed by atoms with E-state index in [1.165, 1.54) is 7.05 Å². The van der Waals surface area contributed by atoms with Crippen LogP contribution in [0.2, 0.25) is 0 Å². The van der Waals surface area contributed by atoms with E-state index in [0.717, 1.165) is 0 Å². The van der Waals surface area contributed by atoms with Crippen LogP contribution in [0.1, 0.15) is 0 Å². The van der Waals surface area contributed by atoms with Crippen LogP contribution in [0.15, 0.2) is 24.3 Å². The van der Waals surface area contributed by atoms with E-state index < -0.39 is 11.8 Å². The molecule has 0 aliphatic carbocycles. The van der Waals surface area contributed by atoms with Gasteiger partial charge < -0.3 is 14.8 Å². The second-order valence-corrected chi connectivity index (χ2v) is 2.83. The molecule has 5 nitrogen and oxygen atoms in total. The second kappa shape index (κ2) is 5.26. The SMILES string of the molecule is CNC(=O)C(=O)Nc1ccc(OS)cc1. The third-order valence-corrected chi connectivity index (χ3v) is 1.86. The van der Waals surface area contributed by atoms with Gasteiger partial charge in [-0.2, -0.15) is 0 Å². The number of carbonyl (C=O) groups excluding carboxylic acids is 2. The van der Waals surface area contributed by atoms with Crippen LogP contribution in [-0.4, -0.2) is 18.9 Å². The number of likely N-dealkylation sites (N-methyl/N-ethyl adjacent to an activating group) is 1. The zero-order valence-corrected chi connectivity index (χ0v) is 8.88. The zero-order valence-electron chi connectivity index (χ0n) is 7.98. The first-order valence-corrected chi connectivity index (χ1v) is 4.48. The zero-order chi connectivity index (χ0) is 11.3.